The highest BCUT2D eigenvalue weighted by Crippen LogP contribution is 2.18. The Balaban J connectivity index is 2.91. The SMILES string of the molecule is [C-]#[N+]c1cc(C(C)C)no1. The minimum atomic E-state index is 0.267. The molecule has 0 aliphatic rings. The van der Waals surface area contributed by atoms with Gasteiger partial charge in [-0.15, -0.1) is 0 Å². The van der Waals surface area contributed by atoms with Gasteiger partial charge in [0.1, 0.15) is 0 Å². The molecule has 0 amide bonds. The summed E-state index contributed by atoms with van der Waals surface area (Å²) in [4.78, 5) is 3.09. The van der Waals surface area contributed by atoms with Gasteiger partial charge in [0.2, 0.25) is 0 Å². The molecule has 0 unspecified atom stereocenters. The van der Waals surface area contributed by atoms with Crippen molar-refractivity contribution in [1.82, 2.24) is 5.16 Å². The molecule has 0 fully saturated rings. The summed E-state index contributed by atoms with van der Waals surface area (Å²) in [5.41, 5.74) is 0.839. The van der Waals surface area contributed by atoms with Crippen LogP contribution in [-0.4, -0.2) is 5.16 Å². The Labute approximate surface area is 59.5 Å². The number of hydrogen-bond acceptors (Lipinski definition) is 2. The summed E-state index contributed by atoms with van der Waals surface area (Å²) in [5, 5.41) is 3.70. The molecule has 1 aromatic heterocycles. The second-order valence-electron chi connectivity index (χ2n) is 2.36. The van der Waals surface area contributed by atoms with Gasteiger partial charge in [-0.1, -0.05) is 19.0 Å². The molecule has 10 heavy (non-hydrogen) atoms. The molecule has 0 N–H and O–H groups in total. The Hall–Kier alpha value is -1.30. The standard InChI is InChI=1S/C7H8N2O/c1-5(2)6-4-7(8-3)10-9-6/h4-5H,1-2H3. The van der Waals surface area contributed by atoms with Crippen molar-refractivity contribution in [3.8, 4) is 0 Å². The fraction of sp³-hybridized carbons (Fsp3) is 0.429. The molecule has 0 bridgehead atoms. The summed E-state index contributed by atoms with van der Waals surface area (Å²) in [6, 6.07) is 1.66. The molecule has 0 spiro atoms. The third-order valence-electron chi connectivity index (χ3n) is 1.22. The Kier molecular flexibility index (Phi) is 1.72. The van der Waals surface area contributed by atoms with Crippen LogP contribution in [0, 0.1) is 6.57 Å². The topological polar surface area (TPSA) is 30.4 Å². The minimum absolute atomic E-state index is 0.267. The summed E-state index contributed by atoms with van der Waals surface area (Å²) >= 11 is 0. The van der Waals surface area contributed by atoms with Gasteiger partial charge in [-0.25, -0.2) is 0 Å². The van der Waals surface area contributed by atoms with E-state index in [9.17, 15) is 0 Å². The Morgan fingerprint density at radius 2 is 2.40 bits per heavy atom. The van der Waals surface area contributed by atoms with Crippen LogP contribution in [0.1, 0.15) is 25.5 Å². The number of hydrogen-bond donors (Lipinski definition) is 0. The first-order chi connectivity index (χ1) is 4.74. The summed E-state index contributed by atoms with van der Waals surface area (Å²) in [6.07, 6.45) is 0. The number of nitrogens with zero attached hydrogens (tertiary/aromatic N) is 2. The zero-order valence-electron chi connectivity index (χ0n) is 5.96. The van der Waals surface area contributed by atoms with Gasteiger partial charge >= 0.3 is 5.88 Å². The van der Waals surface area contributed by atoms with E-state index < -0.39 is 0 Å². The van der Waals surface area contributed by atoms with Gasteiger partial charge in [0.15, 0.2) is 0 Å². The van der Waals surface area contributed by atoms with Crippen LogP contribution in [-0.2, 0) is 0 Å². The first-order valence-corrected chi connectivity index (χ1v) is 3.08. The molecular formula is C7H8N2O. The van der Waals surface area contributed by atoms with Crippen molar-refractivity contribution in [3.63, 3.8) is 0 Å². The Bertz CT molecular complexity index is 257. The molecule has 1 aromatic rings. The maximum absolute atomic E-state index is 6.59. The first kappa shape index (κ1) is 6.81. The smallest absolute Gasteiger partial charge is 0.367 e. The fourth-order valence-electron chi connectivity index (χ4n) is 0.603. The molecular weight excluding hydrogens is 128 g/mol. The predicted molar refractivity (Wildman–Crippen MR) is 36.9 cm³/mol. The summed E-state index contributed by atoms with van der Waals surface area (Å²) in [6.45, 7) is 10.6. The van der Waals surface area contributed by atoms with Crippen molar-refractivity contribution in [2.45, 2.75) is 19.8 Å². The molecule has 52 valence electrons. The van der Waals surface area contributed by atoms with Crippen LogP contribution in [0.3, 0.4) is 0 Å². The number of aromatic nitrogens is 1. The van der Waals surface area contributed by atoms with Crippen LogP contribution in [0.4, 0.5) is 5.88 Å². The summed E-state index contributed by atoms with van der Waals surface area (Å²) < 4.78 is 4.67. The summed E-state index contributed by atoms with van der Waals surface area (Å²) in [7, 11) is 0. The van der Waals surface area contributed by atoms with Crippen molar-refractivity contribution in [1.29, 1.82) is 0 Å². The quantitative estimate of drug-likeness (QED) is 0.555. The van der Waals surface area contributed by atoms with Crippen molar-refractivity contribution >= 4 is 5.88 Å². The van der Waals surface area contributed by atoms with E-state index in [2.05, 4.69) is 14.5 Å². The van der Waals surface area contributed by atoms with Crippen molar-refractivity contribution < 1.29 is 4.52 Å². The van der Waals surface area contributed by atoms with Crippen LogP contribution in [0.2, 0.25) is 0 Å². The van der Waals surface area contributed by atoms with Gasteiger partial charge in [-0.3, -0.25) is 0 Å². The molecule has 0 aliphatic carbocycles. The molecule has 0 aromatic carbocycles. The van der Waals surface area contributed by atoms with E-state index in [1.54, 1.807) is 6.07 Å². The maximum atomic E-state index is 6.59. The van der Waals surface area contributed by atoms with Gasteiger partial charge in [-0.05, 0) is 5.92 Å². The monoisotopic (exact) mass is 136 g/mol. The maximum Gasteiger partial charge on any atom is 0.367 e. The second-order valence-corrected chi connectivity index (χ2v) is 2.36. The van der Waals surface area contributed by atoms with E-state index in [0.29, 0.717) is 5.92 Å². The van der Waals surface area contributed by atoms with E-state index in [-0.39, 0.29) is 5.88 Å². The molecule has 0 radical (unpaired) electrons. The van der Waals surface area contributed by atoms with E-state index in [0.717, 1.165) is 5.69 Å². The van der Waals surface area contributed by atoms with Crippen molar-refractivity contribution in [3.05, 3.63) is 23.2 Å². The van der Waals surface area contributed by atoms with Crippen LogP contribution < -0.4 is 0 Å². The molecule has 0 saturated heterocycles. The minimum Gasteiger partial charge on any atom is -0.371 e. The molecule has 0 atom stereocenters. The van der Waals surface area contributed by atoms with Crippen LogP contribution >= 0.6 is 0 Å². The fourth-order valence-corrected chi connectivity index (χ4v) is 0.603. The lowest BCUT2D eigenvalue weighted by atomic mass is 10.1. The third kappa shape index (κ3) is 1.16. The van der Waals surface area contributed by atoms with E-state index in [4.69, 9.17) is 6.57 Å². The molecule has 3 heteroatoms. The molecule has 1 heterocycles. The third-order valence-corrected chi connectivity index (χ3v) is 1.22. The van der Waals surface area contributed by atoms with Gasteiger partial charge in [0, 0.05) is 6.07 Å². The van der Waals surface area contributed by atoms with E-state index >= 15 is 0 Å². The molecule has 3 nitrogen and oxygen atoms in total. The van der Waals surface area contributed by atoms with Crippen LogP contribution in [0.25, 0.3) is 4.85 Å². The zero-order chi connectivity index (χ0) is 7.56. The van der Waals surface area contributed by atoms with Gasteiger partial charge < -0.3 is 4.52 Å². The Morgan fingerprint density at radius 3 is 2.70 bits per heavy atom. The highest BCUT2D eigenvalue weighted by atomic mass is 16.5. The largest absolute Gasteiger partial charge is 0.371 e. The lowest BCUT2D eigenvalue weighted by Gasteiger charge is -1.93. The predicted octanol–water partition coefficient (Wildman–Crippen LogP) is 2.35. The molecule has 1 rings (SSSR count). The molecule has 0 aliphatic heterocycles. The number of rotatable bonds is 1. The highest BCUT2D eigenvalue weighted by molar-refractivity contribution is 5.32. The molecule has 0 saturated carbocycles. The first-order valence-electron chi connectivity index (χ1n) is 3.08. The normalized spacial score (nSPS) is 9.80. The highest BCUT2D eigenvalue weighted by Gasteiger charge is 2.05. The Morgan fingerprint density at radius 1 is 1.70 bits per heavy atom. The lowest BCUT2D eigenvalue weighted by Crippen LogP contribution is -1.83. The van der Waals surface area contributed by atoms with Gasteiger partial charge in [0.05, 0.1) is 12.3 Å². The zero-order valence-corrected chi connectivity index (χ0v) is 5.96. The van der Waals surface area contributed by atoms with Gasteiger partial charge in [0.25, 0.3) is 0 Å². The average Bonchev–Trinajstić information content (AvgIpc) is 2.34. The van der Waals surface area contributed by atoms with E-state index in [1.165, 1.54) is 0 Å². The van der Waals surface area contributed by atoms with E-state index in [1.807, 2.05) is 13.8 Å². The van der Waals surface area contributed by atoms with Gasteiger partial charge in [-0.2, -0.15) is 4.85 Å². The lowest BCUT2D eigenvalue weighted by molar-refractivity contribution is 0.426. The van der Waals surface area contributed by atoms with Crippen LogP contribution in [0.15, 0.2) is 10.6 Å². The summed E-state index contributed by atoms with van der Waals surface area (Å²) in [5.74, 6) is 0.600. The van der Waals surface area contributed by atoms with Crippen LogP contribution in [0.5, 0.6) is 0 Å². The average molecular weight is 136 g/mol. The van der Waals surface area contributed by atoms with Crippen molar-refractivity contribution in [2.75, 3.05) is 0 Å². The van der Waals surface area contributed by atoms with Crippen molar-refractivity contribution in [2.24, 2.45) is 0 Å². The second kappa shape index (κ2) is 2.53.